The number of pyridine rings is 1. The van der Waals surface area contributed by atoms with Crippen LogP contribution in [0.1, 0.15) is 11.3 Å². The van der Waals surface area contributed by atoms with Crippen LogP contribution in [-0.4, -0.2) is 9.91 Å². The van der Waals surface area contributed by atoms with Gasteiger partial charge >= 0.3 is 0 Å². The molecule has 3 rings (SSSR count). The Morgan fingerprint density at radius 3 is 2.64 bits per heavy atom. The predicted molar refractivity (Wildman–Crippen MR) is 91.5 cm³/mol. The Kier molecular flexibility index (Phi) is 3.98. The average Bonchev–Trinajstić information content (AvgIpc) is 2.52. The van der Waals surface area contributed by atoms with E-state index in [-0.39, 0.29) is 10.6 Å². The molecule has 0 unspecified atom stereocenters. The zero-order chi connectivity index (χ0) is 15.5. The number of nitro benzene ring substituents is 1. The first-order valence-corrected chi connectivity index (χ1v) is 7.40. The van der Waals surface area contributed by atoms with Gasteiger partial charge in [0.2, 0.25) is 0 Å². The molecule has 0 saturated heterocycles. The third-order valence-corrected chi connectivity index (χ3v) is 3.72. The first kappa shape index (κ1) is 14.4. The molecule has 0 aliphatic rings. The van der Waals surface area contributed by atoms with E-state index in [1.165, 1.54) is 6.07 Å². The van der Waals surface area contributed by atoms with Crippen LogP contribution in [0.25, 0.3) is 23.1 Å². The SMILES string of the molecule is O=[N+]([O-])c1cccc2nc(C=Cc3cccc(Br)c3)ccc12. The summed E-state index contributed by atoms with van der Waals surface area (Å²) in [6.45, 7) is 0. The van der Waals surface area contributed by atoms with E-state index in [1.54, 1.807) is 24.3 Å². The smallest absolute Gasteiger partial charge is 0.258 e. The fraction of sp³-hybridized carbons (Fsp3) is 0. The van der Waals surface area contributed by atoms with Crippen molar-refractivity contribution in [2.24, 2.45) is 0 Å². The summed E-state index contributed by atoms with van der Waals surface area (Å²) in [4.78, 5) is 15.1. The number of aromatic nitrogens is 1. The van der Waals surface area contributed by atoms with Crippen molar-refractivity contribution in [2.75, 3.05) is 0 Å². The fourth-order valence-corrected chi connectivity index (χ4v) is 2.62. The lowest BCUT2D eigenvalue weighted by Crippen LogP contribution is -1.91. The summed E-state index contributed by atoms with van der Waals surface area (Å²) in [6, 6.07) is 16.3. The second-order valence-corrected chi connectivity index (χ2v) is 5.64. The molecule has 1 aromatic heterocycles. The largest absolute Gasteiger partial charge is 0.278 e. The molecular formula is C17H11BrN2O2. The van der Waals surface area contributed by atoms with Crippen molar-refractivity contribution < 1.29 is 4.92 Å². The quantitative estimate of drug-likeness (QED) is 0.487. The van der Waals surface area contributed by atoms with Gasteiger partial charge in [-0.2, -0.15) is 0 Å². The summed E-state index contributed by atoms with van der Waals surface area (Å²) in [5, 5.41) is 11.6. The summed E-state index contributed by atoms with van der Waals surface area (Å²) >= 11 is 3.43. The number of nitro groups is 1. The molecule has 0 saturated carbocycles. The average molecular weight is 355 g/mol. The van der Waals surface area contributed by atoms with Crippen molar-refractivity contribution in [3.8, 4) is 0 Å². The third kappa shape index (κ3) is 3.04. The lowest BCUT2D eigenvalue weighted by molar-refractivity contribution is -0.383. The first-order chi connectivity index (χ1) is 10.6. The van der Waals surface area contributed by atoms with Crippen LogP contribution < -0.4 is 0 Å². The minimum atomic E-state index is -0.388. The normalized spacial score (nSPS) is 11.1. The maximum Gasteiger partial charge on any atom is 0.278 e. The van der Waals surface area contributed by atoms with Gasteiger partial charge in [0.05, 0.1) is 21.5 Å². The molecule has 4 nitrogen and oxygen atoms in total. The standard InChI is InChI=1S/C17H11BrN2O2/c18-13-4-1-3-12(11-13)7-8-14-9-10-15-16(19-14)5-2-6-17(15)20(21)22/h1-11H. The number of hydrogen-bond acceptors (Lipinski definition) is 3. The highest BCUT2D eigenvalue weighted by Gasteiger charge is 2.11. The Hall–Kier alpha value is -2.53. The highest BCUT2D eigenvalue weighted by Crippen LogP contribution is 2.24. The maximum absolute atomic E-state index is 11.0. The lowest BCUT2D eigenvalue weighted by Gasteiger charge is -2.00. The Bertz CT molecular complexity index is 891. The summed E-state index contributed by atoms with van der Waals surface area (Å²) in [5.41, 5.74) is 2.50. The number of benzene rings is 2. The third-order valence-electron chi connectivity index (χ3n) is 3.22. The van der Waals surface area contributed by atoms with E-state index in [1.807, 2.05) is 36.4 Å². The molecule has 0 N–H and O–H groups in total. The van der Waals surface area contributed by atoms with E-state index < -0.39 is 0 Å². The molecule has 0 bridgehead atoms. The van der Waals surface area contributed by atoms with Gasteiger partial charge in [-0.3, -0.25) is 10.1 Å². The molecule has 0 aliphatic heterocycles. The zero-order valence-electron chi connectivity index (χ0n) is 11.4. The van der Waals surface area contributed by atoms with Crippen molar-refractivity contribution in [3.05, 3.63) is 80.4 Å². The minimum absolute atomic E-state index is 0.0764. The number of rotatable bonds is 3. The van der Waals surface area contributed by atoms with Crippen LogP contribution in [0.5, 0.6) is 0 Å². The van der Waals surface area contributed by atoms with Crippen LogP contribution in [0.4, 0.5) is 5.69 Å². The molecule has 2 aromatic carbocycles. The van der Waals surface area contributed by atoms with Gasteiger partial charge in [-0.1, -0.05) is 40.2 Å². The molecule has 0 atom stereocenters. The van der Waals surface area contributed by atoms with Crippen molar-refractivity contribution in [3.63, 3.8) is 0 Å². The number of non-ortho nitro benzene ring substituents is 1. The number of hydrogen-bond donors (Lipinski definition) is 0. The van der Waals surface area contributed by atoms with Gasteiger partial charge < -0.3 is 0 Å². The molecule has 0 fully saturated rings. The second kappa shape index (κ2) is 6.07. The van der Waals surface area contributed by atoms with E-state index in [0.717, 1.165) is 15.7 Å². The van der Waals surface area contributed by atoms with Gasteiger partial charge in [-0.15, -0.1) is 0 Å². The van der Waals surface area contributed by atoms with Crippen molar-refractivity contribution >= 4 is 44.7 Å². The molecular weight excluding hydrogens is 344 g/mol. The van der Waals surface area contributed by atoms with E-state index in [4.69, 9.17) is 0 Å². The van der Waals surface area contributed by atoms with E-state index in [2.05, 4.69) is 20.9 Å². The maximum atomic E-state index is 11.0. The van der Waals surface area contributed by atoms with Crippen LogP contribution in [-0.2, 0) is 0 Å². The van der Waals surface area contributed by atoms with Crippen LogP contribution in [0.3, 0.4) is 0 Å². The van der Waals surface area contributed by atoms with Gasteiger partial charge in [-0.25, -0.2) is 4.98 Å². The van der Waals surface area contributed by atoms with Gasteiger partial charge in [0.25, 0.3) is 5.69 Å². The molecule has 3 aromatic rings. The van der Waals surface area contributed by atoms with Gasteiger partial charge in [0, 0.05) is 10.5 Å². The van der Waals surface area contributed by atoms with Crippen molar-refractivity contribution in [1.29, 1.82) is 0 Å². The van der Waals surface area contributed by atoms with Crippen LogP contribution in [0.2, 0.25) is 0 Å². The molecule has 0 spiro atoms. The summed E-state index contributed by atoms with van der Waals surface area (Å²) in [6.07, 6.45) is 3.84. The molecule has 0 amide bonds. The molecule has 22 heavy (non-hydrogen) atoms. The summed E-state index contributed by atoms with van der Waals surface area (Å²) in [7, 11) is 0. The predicted octanol–water partition coefficient (Wildman–Crippen LogP) is 5.08. The zero-order valence-corrected chi connectivity index (χ0v) is 13.0. The van der Waals surface area contributed by atoms with E-state index >= 15 is 0 Å². The van der Waals surface area contributed by atoms with E-state index in [0.29, 0.717) is 10.9 Å². The second-order valence-electron chi connectivity index (χ2n) is 4.73. The van der Waals surface area contributed by atoms with E-state index in [9.17, 15) is 10.1 Å². The Morgan fingerprint density at radius 1 is 1.05 bits per heavy atom. The van der Waals surface area contributed by atoms with Gasteiger partial charge in [0.15, 0.2) is 0 Å². The first-order valence-electron chi connectivity index (χ1n) is 6.61. The highest BCUT2D eigenvalue weighted by atomic mass is 79.9. The molecule has 1 heterocycles. The Labute approximate surface area is 135 Å². The minimum Gasteiger partial charge on any atom is -0.258 e. The molecule has 0 aliphatic carbocycles. The van der Waals surface area contributed by atoms with Crippen LogP contribution in [0.15, 0.2) is 59.1 Å². The Balaban J connectivity index is 1.97. The number of fused-ring (bicyclic) bond motifs is 1. The Morgan fingerprint density at radius 2 is 1.86 bits per heavy atom. The molecule has 0 radical (unpaired) electrons. The topological polar surface area (TPSA) is 56.0 Å². The molecule has 108 valence electrons. The van der Waals surface area contributed by atoms with Gasteiger partial charge in [0.1, 0.15) is 0 Å². The van der Waals surface area contributed by atoms with Gasteiger partial charge in [-0.05, 0) is 42.0 Å². The van der Waals surface area contributed by atoms with Crippen LogP contribution in [0, 0.1) is 10.1 Å². The summed E-state index contributed by atoms with van der Waals surface area (Å²) in [5.74, 6) is 0. The fourth-order valence-electron chi connectivity index (χ4n) is 2.20. The monoisotopic (exact) mass is 354 g/mol. The van der Waals surface area contributed by atoms with Crippen LogP contribution >= 0.6 is 15.9 Å². The van der Waals surface area contributed by atoms with Crippen molar-refractivity contribution in [2.45, 2.75) is 0 Å². The lowest BCUT2D eigenvalue weighted by atomic mass is 10.1. The number of nitrogens with zero attached hydrogens (tertiary/aromatic N) is 2. The summed E-state index contributed by atoms with van der Waals surface area (Å²) < 4.78 is 1.01. The molecule has 5 heteroatoms. The van der Waals surface area contributed by atoms with Crippen molar-refractivity contribution in [1.82, 2.24) is 4.98 Å². The number of halogens is 1. The highest BCUT2D eigenvalue weighted by molar-refractivity contribution is 9.10.